The Morgan fingerprint density at radius 1 is 0.921 bits per heavy atom. The van der Waals surface area contributed by atoms with Crippen LogP contribution in [0.4, 0.5) is 15.9 Å². The Labute approximate surface area is 219 Å². The number of nitriles is 1. The number of hydrogen-bond donors (Lipinski definition) is 2. The molecule has 0 radical (unpaired) electrons. The van der Waals surface area contributed by atoms with Crippen LogP contribution < -0.4 is 10.6 Å². The minimum absolute atomic E-state index is 0.0173. The third-order valence-corrected chi connectivity index (χ3v) is 5.93. The van der Waals surface area contributed by atoms with E-state index in [1.807, 2.05) is 6.07 Å². The molecule has 4 rings (SSSR count). The third kappa shape index (κ3) is 5.71. The van der Waals surface area contributed by atoms with Crippen LogP contribution in [-0.4, -0.2) is 26.8 Å². The average molecular weight is 509 g/mol. The molecule has 8 nitrogen and oxygen atoms in total. The van der Waals surface area contributed by atoms with Crippen LogP contribution in [0.25, 0.3) is 22.4 Å². The molecule has 0 aliphatic heterocycles. The lowest BCUT2D eigenvalue weighted by molar-refractivity contribution is -0.114. The van der Waals surface area contributed by atoms with Crippen LogP contribution in [0, 0.1) is 24.1 Å². The number of nitrogens with zero attached hydrogens (tertiary/aromatic N) is 4. The second-order valence-electron chi connectivity index (χ2n) is 9.31. The monoisotopic (exact) mass is 508 g/mol. The van der Waals surface area contributed by atoms with Crippen molar-refractivity contribution in [1.29, 1.82) is 5.26 Å². The Morgan fingerprint density at radius 2 is 1.63 bits per heavy atom. The molecular formula is C29H25FN6O2. The lowest BCUT2D eigenvalue weighted by atomic mass is 9.90. The highest BCUT2D eigenvalue weighted by atomic mass is 19.1. The van der Waals surface area contributed by atoms with Gasteiger partial charge in [-0.25, -0.2) is 9.37 Å². The van der Waals surface area contributed by atoms with Gasteiger partial charge in [0.1, 0.15) is 11.6 Å². The summed E-state index contributed by atoms with van der Waals surface area (Å²) in [4.78, 5) is 37.1. The summed E-state index contributed by atoms with van der Waals surface area (Å²) in [6.45, 7) is 6.60. The van der Waals surface area contributed by atoms with Crippen molar-refractivity contribution in [3.8, 4) is 28.5 Å². The van der Waals surface area contributed by atoms with Crippen LogP contribution in [0.3, 0.4) is 0 Å². The van der Waals surface area contributed by atoms with Crippen LogP contribution in [0.15, 0.2) is 67.1 Å². The summed E-state index contributed by atoms with van der Waals surface area (Å²) < 4.78 is 14.9. The summed E-state index contributed by atoms with van der Waals surface area (Å²) in [7, 11) is 0. The highest BCUT2D eigenvalue weighted by molar-refractivity contribution is 6.04. The summed E-state index contributed by atoms with van der Waals surface area (Å²) in [6, 6.07) is 15.3. The molecule has 0 aliphatic carbocycles. The first-order valence-electron chi connectivity index (χ1n) is 11.8. The van der Waals surface area contributed by atoms with Crippen LogP contribution in [0.1, 0.15) is 42.4 Å². The molecule has 190 valence electrons. The smallest absolute Gasteiger partial charge is 0.255 e. The van der Waals surface area contributed by atoms with E-state index in [0.29, 0.717) is 28.3 Å². The van der Waals surface area contributed by atoms with Gasteiger partial charge in [0.05, 0.1) is 28.6 Å². The van der Waals surface area contributed by atoms with E-state index in [0.717, 1.165) is 11.1 Å². The van der Waals surface area contributed by atoms with Gasteiger partial charge in [0.25, 0.3) is 5.91 Å². The maximum Gasteiger partial charge on any atom is 0.255 e. The van der Waals surface area contributed by atoms with Gasteiger partial charge in [-0.1, -0.05) is 0 Å². The molecule has 2 amide bonds. The summed E-state index contributed by atoms with van der Waals surface area (Å²) in [5.74, 6) is -0.921. The van der Waals surface area contributed by atoms with Gasteiger partial charge in [-0.05, 0) is 86.0 Å². The fourth-order valence-electron chi connectivity index (χ4n) is 3.84. The minimum Gasteiger partial charge on any atom is -0.319 e. The number of rotatable bonds is 6. The molecule has 0 spiro atoms. The zero-order valence-corrected chi connectivity index (χ0v) is 21.3. The van der Waals surface area contributed by atoms with Gasteiger partial charge >= 0.3 is 0 Å². The van der Waals surface area contributed by atoms with E-state index in [-0.39, 0.29) is 17.2 Å². The standard InChI is InChI=1S/C29H25FN6O2/c1-17-11-23(30)25(36-28(38)21-7-9-33-26(13-21)29(3,4)16-31)15-22(17)19-5-8-32-24(12-19)20-6-10-34-27(14-20)35-18(2)37/h5-15H,1-4H3,(H,36,38)(H,34,35,37). The molecule has 0 fully saturated rings. The van der Waals surface area contributed by atoms with E-state index in [1.165, 1.54) is 31.3 Å². The largest absolute Gasteiger partial charge is 0.319 e. The Hall–Kier alpha value is -4.97. The van der Waals surface area contributed by atoms with Gasteiger partial charge in [0.15, 0.2) is 0 Å². The second kappa shape index (κ2) is 10.6. The highest BCUT2D eigenvalue weighted by Gasteiger charge is 2.23. The van der Waals surface area contributed by atoms with Gasteiger partial charge in [-0.15, -0.1) is 0 Å². The number of amides is 2. The third-order valence-electron chi connectivity index (χ3n) is 5.93. The second-order valence-corrected chi connectivity index (χ2v) is 9.31. The first-order chi connectivity index (χ1) is 18.1. The van der Waals surface area contributed by atoms with E-state index in [4.69, 9.17) is 0 Å². The van der Waals surface area contributed by atoms with Crippen molar-refractivity contribution in [1.82, 2.24) is 15.0 Å². The van der Waals surface area contributed by atoms with Gasteiger partial charge < -0.3 is 10.6 Å². The number of nitrogens with one attached hydrogen (secondary N) is 2. The number of aryl methyl sites for hydroxylation is 1. The highest BCUT2D eigenvalue weighted by Crippen LogP contribution is 2.31. The lowest BCUT2D eigenvalue weighted by Crippen LogP contribution is -2.19. The first kappa shape index (κ1) is 26.1. The van der Waals surface area contributed by atoms with Crippen molar-refractivity contribution in [2.24, 2.45) is 0 Å². The molecule has 2 N–H and O–H groups in total. The summed E-state index contributed by atoms with van der Waals surface area (Å²) >= 11 is 0. The Bertz CT molecular complexity index is 1590. The van der Waals surface area contributed by atoms with Crippen LogP contribution in [0.5, 0.6) is 0 Å². The van der Waals surface area contributed by atoms with E-state index in [9.17, 15) is 19.2 Å². The van der Waals surface area contributed by atoms with Crippen molar-refractivity contribution < 1.29 is 14.0 Å². The van der Waals surface area contributed by atoms with Crippen molar-refractivity contribution in [2.75, 3.05) is 10.6 Å². The normalized spacial score (nSPS) is 10.9. The number of aromatic nitrogens is 3. The number of halogens is 1. The van der Waals surface area contributed by atoms with Crippen molar-refractivity contribution >= 4 is 23.3 Å². The summed E-state index contributed by atoms with van der Waals surface area (Å²) in [5, 5.41) is 14.7. The van der Waals surface area contributed by atoms with E-state index < -0.39 is 17.1 Å². The van der Waals surface area contributed by atoms with Crippen molar-refractivity contribution in [2.45, 2.75) is 33.1 Å². The molecule has 4 aromatic rings. The fraction of sp³-hybridized carbons (Fsp3) is 0.172. The van der Waals surface area contributed by atoms with Gasteiger partial charge in [0, 0.05) is 36.6 Å². The van der Waals surface area contributed by atoms with E-state index >= 15 is 0 Å². The zero-order chi connectivity index (χ0) is 27.4. The number of anilines is 2. The molecule has 3 aromatic heterocycles. The molecule has 1 aromatic carbocycles. The van der Waals surface area contributed by atoms with E-state index in [1.54, 1.807) is 57.4 Å². The molecule has 0 saturated carbocycles. The lowest BCUT2D eigenvalue weighted by Gasteiger charge is -2.16. The molecule has 38 heavy (non-hydrogen) atoms. The molecule has 0 atom stereocenters. The number of hydrogen-bond acceptors (Lipinski definition) is 6. The average Bonchev–Trinajstić information content (AvgIpc) is 2.90. The Balaban J connectivity index is 1.66. The molecular weight excluding hydrogens is 483 g/mol. The van der Waals surface area contributed by atoms with Gasteiger partial charge in [-0.2, -0.15) is 5.26 Å². The van der Waals surface area contributed by atoms with Crippen molar-refractivity contribution in [3.63, 3.8) is 0 Å². The number of carbonyl (C=O) groups is 2. The zero-order valence-electron chi connectivity index (χ0n) is 21.3. The predicted octanol–water partition coefficient (Wildman–Crippen LogP) is 5.67. The first-order valence-corrected chi connectivity index (χ1v) is 11.8. The van der Waals surface area contributed by atoms with Crippen LogP contribution in [-0.2, 0) is 10.2 Å². The molecule has 0 aliphatic rings. The van der Waals surface area contributed by atoms with E-state index in [2.05, 4.69) is 31.7 Å². The topological polar surface area (TPSA) is 121 Å². The maximum atomic E-state index is 14.9. The van der Waals surface area contributed by atoms with Gasteiger partial charge in [-0.3, -0.25) is 19.6 Å². The summed E-state index contributed by atoms with van der Waals surface area (Å²) in [6.07, 6.45) is 4.67. The number of pyridine rings is 3. The van der Waals surface area contributed by atoms with Crippen LogP contribution >= 0.6 is 0 Å². The molecule has 3 heterocycles. The Morgan fingerprint density at radius 3 is 2.37 bits per heavy atom. The predicted molar refractivity (Wildman–Crippen MR) is 143 cm³/mol. The number of benzene rings is 1. The SMILES string of the molecule is CC(=O)Nc1cc(-c2cc(-c3cc(NC(=O)c4ccnc(C(C)(C)C#N)c4)c(F)cc3C)ccn2)ccn1. The van der Waals surface area contributed by atoms with Crippen molar-refractivity contribution in [3.05, 3.63) is 89.8 Å². The molecule has 0 saturated heterocycles. The minimum atomic E-state index is -0.880. The molecule has 9 heteroatoms. The number of carbonyl (C=O) groups excluding carboxylic acids is 2. The quantitative estimate of drug-likeness (QED) is 0.346. The maximum absolute atomic E-state index is 14.9. The fourth-order valence-corrected chi connectivity index (χ4v) is 3.84. The molecule has 0 bridgehead atoms. The molecule has 0 unspecified atom stereocenters. The van der Waals surface area contributed by atoms with Crippen LogP contribution in [0.2, 0.25) is 0 Å². The Kier molecular flexibility index (Phi) is 7.26. The summed E-state index contributed by atoms with van der Waals surface area (Å²) in [5.41, 5.74) is 3.37. The van der Waals surface area contributed by atoms with Gasteiger partial charge in [0.2, 0.25) is 5.91 Å².